The number of rotatable bonds is 6. The lowest BCUT2D eigenvalue weighted by Crippen LogP contribution is -2.53. The van der Waals surface area contributed by atoms with Crippen LogP contribution < -0.4 is 20.7 Å². The minimum Gasteiger partial charge on any atom is -0.465 e. The Kier molecular flexibility index (Phi) is 6.80. The molecule has 1 aromatic carbocycles. The average molecular weight is 469 g/mol. The van der Waals surface area contributed by atoms with E-state index in [9.17, 15) is 14.4 Å². The van der Waals surface area contributed by atoms with Gasteiger partial charge in [0.1, 0.15) is 11.7 Å². The minimum absolute atomic E-state index is 0.145. The summed E-state index contributed by atoms with van der Waals surface area (Å²) in [5.74, 6) is -0.321. The molecule has 3 N–H and O–H groups in total. The third-order valence-electron chi connectivity index (χ3n) is 5.89. The van der Waals surface area contributed by atoms with Crippen molar-refractivity contribution in [2.45, 2.75) is 32.2 Å². The number of hydrogen-bond donors (Lipinski definition) is 2. The van der Waals surface area contributed by atoms with Crippen molar-refractivity contribution in [3.05, 3.63) is 35.4 Å². The molecule has 0 radical (unpaired) electrons. The summed E-state index contributed by atoms with van der Waals surface area (Å²) in [5, 5.41) is 2.80. The van der Waals surface area contributed by atoms with Crippen LogP contribution in [0.15, 0.2) is 24.3 Å². The van der Waals surface area contributed by atoms with Gasteiger partial charge in [0.15, 0.2) is 11.6 Å². The zero-order valence-electron chi connectivity index (χ0n) is 19.2. The van der Waals surface area contributed by atoms with Gasteiger partial charge in [0.05, 0.1) is 25.8 Å². The van der Waals surface area contributed by atoms with Gasteiger partial charge in [-0.15, -0.1) is 0 Å². The Labute approximate surface area is 197 Å². The molecule has 1 aromatic heterocycles. The van der Waals surface area contributed by atoms with Crippen molar-refractivity contribution in [3.63, 3.8) is 0 Å². The molecule has 2 amide bonds. The summed E-state index contributed by atoms with van der Waals surface area (Å²) in [7, 11) is 1.30. The van der Waals surface area contributed by atoms with Crippen molar-refractivity contribution in [1.82, 2.24) is 14.9 Å². The smallest absolute Gasteiger partial charge is 0.337 e. The first-order valence-corrected chi connectivity index (χ1v) is 11.3. The van der Waals surface area contributed by atoms with Gasteiger partial charge in [0.25, 0.3) is 5.91 Å². The van der Waals surface area contributed by atoms with E-state index in [2.05, 4.69) is 22.2 Å². The Balaban J connectivity index is 1.55. The Hall–Kier alpha value is -3.89. The normalized spacial score (nSPS) is 17.2. The highest BCUT2D eigenvalue weighted by molar-refractivity contribution is 6.06. The number of fused-ring (bicyclic) bond motifs is 3. The summed E-state index contributed by atoms with van der Waals surface area (Å²) in [6.07, 6.45) is 2.46. The summed E-state index contributed by atoms with van der Waals surface area (Å²) in [5.41, 5.74) is 7.24. The number of methoxy groups -OCH3 is 1. The molecule has 1 fully saturated rings. The van der Waals surface area contributed by atoms with E-state index in [1.165, 1.54) is 7.11 Å². The van der Waals surface area contributed by atoms with Gasteiger partial charge in [-0.25, -0.2) is 4.79 Å². The molecule has 11 heteroatoms. The molecular formula is C23H28N6O5. The maximum absolute atomic E-state index is 13.2. The average Bonchev–Trinajstić information content (AvgIpc) is 3.08. The van der Waals surface area contributed by atoms with Gasteiger partial charge < -0.3 is 30.3 Å². The van der Waals surface area contributed by atoms with Gasteiger partial charge in [-0.05, 0) is 37.1 Å². The first-order valence-electron chi connectivity index (χ1n) is 11.3. The molecule has 4 rings (SSSR count). The summed E-state index contributed by atoms with van der Waals surface area (Å²) in [4.78, 5) is 50.0. The zero-order valence-corrected chi connectivity index (χ0v) is 19.2. The number of nitrogens with zero attached hydrogens (tertiary/aromatic N) is 4. The number of amides is 2. The number of esters is 1. The standard InChI is InChI=1S/C23H28N6O5/c1-3-4-12-34-23-26-18(24)17-19(27-23)29-11-5-10-28(13-16(29)20(30)25-17)21(31)14-6-8-15(9-7-14)22(32)33-2/h6-9,16H,3-5,10-13H2,1-2H3,(H,25,30)(H2,24,26,27). The molecule has 2 aliphatic rings. The van der Waals surface area contributed by atoms with Gasteiger partial charge in [-0.3, -0.25) is 9.59 Å². The molecule has 0 spiro atoms. The van der Waals surface area contributed by atoms with Crippen LogP contribution in [0.1, 0.15) is 46.9 Å². The summed E-state index contributed by atoms with van der Waals surface area (Å²) in [6, 6.07) is 5.80. The molecule has 3 heterocycles. The molecule has 2 aliphatic heterocycles. The first-order chi connectivity index (χ1) is 16.4. The molecule has 34 heavy (non-hydrogen) atoms. The van der Waals surface area contributed by atoms with E-state index in [1.807, 2.05) is 4.90 Å². The van der Waals surface area contributed by atoms with Gasteiger partial charge in [0.2, 0.25) is 5.91 Å². The third-order valence-corrected chi connectivity index (χ3v) is 5.89. The Morgan fingerprint density at radius 2 is 1.91 bits per heavy atom. The monoisotopic (exact) mass is 468 g/mol. The fourth-order valence-electron chi connectivity index (χ4n) is 4.05. The summed E-state index contributed by atoms with van der Waals surface area (Å²) < 4.78 is 10.3. The lowest BCUT2D eigenvalue weighted by Gasteiger charge is -2.36. The minimum atomic E-state index is -0.633. The predicted molar refractivity (Wildman–Crippen MR) is 125 cm³/mol. The number of hydrogen-bond acceptors (Lipinski definition) is 9. The molecular weight excluding hydrogens is 440 g/mol. The Bertz CT molecular complexity index is 1090. The van der Waals surface area contributed by atoms with Crippen molar-refractivity contribution < 1.29 is 23.9 Å². The van der Waals surface area contributed by atoms with Gasteiger partial charge in [-0.1, -0.05) is 13.3 Å². The number of benzene rings is 1. The van der Waals surface area contributed by atoms with Crippen molar-refractivity contribution in [2.75, 3.05) is 49.3 Å². The van der Waals surface area contributed by atoms with Crippen LogP contribution in [0.25, 0.3) is 0 Å². The van der Waals surface area contributed by atoms with Crippen molar-refractivity contribution in [1.29, 1.82) is 0 Å². The summed E-state index contributed by atoms with van der Waals surface area (Å²) >= 11 is 0. The van der Waals surface area contributed by atoms with E-state index < -0.39 is 12.0 Å². The van der Waals surface area contributed by atoms with Crippen molar-refractivity contribution in [3.8, 4) is 6.01 Å². The van der Waals surface area contributed by atoms with Crippen LogP contribution in [0.4, 0.5) is 17.3 Å². The predicted octanol–water partition coefficient (Wildman–Crippen LogP) is 1.70. The Morgan fingerprint density at radius 3 is 2.62 bits per heavy atom. The molecule has 1 saturated heterocycles. The number of ether oxygens (including phenoxy) is 2. The number of aromatic nitrogens is 2. The van der Waals surface area contributed by atoms with Crippen LogP contribution >= 0.6 is 0 Å². The molecule has 0 bridgehead atoms. The Morgan fingerprint density at radius 1 is 1.18 bits per heavy atom. The number of anilines is 3. The second-order valence-electron chi connectivity index (χ2n) is 8.16. The van der Waals surface area contributed by atoms with Crippen molar-refractivity contribution in [2.24, 2.45) is 0 Å². The molecule has 1 unspecified atom stereocenters. The van der Waals surface area contributed by atoms with E-state index in [4.69, 9.17) is 15.2 Å². The van der Waals surface area contributed by atoms with E-state index in [-0.39, 0.29) is 30.2 Å². The molecule has 0 saturated carbocycles. The van der Waals surface area contributed by atoms with Gasteiger partial charge in [0, 0.05) is 18.7 Å². The lowest BCUT2D eigenvalue weighted by molar-refractivity contribution is -0.117. The second-order valence-corrected chi connectivity index (χ2v) is 8.16. The summed E-state index contributed by atoms with van der Waals surface area (Å²) in [6.45, 7) is 3.69. The number of nitrogens with two attached hydrogens (primary N) is 1. The molecule has 2 aromatic rings. The van der Waals surface area contributed by atoms with Crippen LogP contribution in [-0.2, 0) is 9.53 Å². The third kappa shape index (κ3) is 4.59. The second kappa shape index (κ2) is 9.94. The molecule has 11 nitrogen and oxygen atoms in total. The van der Waals surface area contributed by atoms with E-state index >= 15 is 0 Å². The molecule has 1 atom stereocenters. The largest absolute Gasteiger partial charge is 0.465 e. The maximum Gasteiger partial charge on any atom is 0.337 e. The van der Waals surface area contributed by atoms with Crippen LogP contribution in [-0.4, -0.2) is 72.0 Å². The van der Waals surface area contributed by atoms with Crippen LogP contribution in [0, 0.1) is 0 Å². The highest BCUT2D eigenvalue weighted by Crippen LogP contribution is 2.36. The number of unbranched alkanes of at least 4 members (excludes halogenated alkanes) is 1. The topological polar surface area (TPSA) is 140 Å². The van der Waals surface area contributed by atoms with E-state index in [0.717, 1.165) is 12.8 Å². The highest BCUT2D eigenvalue weighted by Gasteiger charge is 2.39. The fraction of sp³-hybridized carbons (Fsp3) is 0.435. The number of carbonyl (C=O) groups is 3. The lowest BCUT2D eigenvalue weighted by atomic mass is 10.1. The highest BCUT2D eigenvalue weighted by atomic mass is 16.5. The SMILES string of the molecule is CCCCOc1nc(N)c2c(n1)N1CCCN(C(=O)c3ccc(C(=O)OC)cc3)CC1C(=O)N2. The number of nitrogen functional groups attached to an aromatic ring is 1. The quantitative estimate of drug-likeness (QED) is 0.479. The van der Waals surface area contributed by atoms with Crippen LogP contribution in [0.3, 0.4) is 0 Å². The van der Waals surface area contributed by atoms with Gasteiger partial charge in [-0.2, -0.15) is 9.97 Å². The molecule has 0 aliphatic carbocycles. The fourth-order valence-corrected chi connectivity index (χ4v) is 4.05. The van der Waals surface area contributed by atoms with Crippen LogP contribution in [0.5, 0.6) is 6.01 Å². The van der Waals surface area contributed by atoms with E-state index in [0.29, 0.717) is 48.7 Å². The number of carbonyl (C=O) groups excluding carboxylic acids is 3. The van der Waals surface area contributed by atoms with Crippen LogP contribution in [0.2, 0.25) is 0 Å². The van der Waals surface area contributed by atoms with E-state index in [1.54, 1.807) is 29.2 Å². The van der Waals surface area contributed by atoms with Crippen molar-refractivity contribution >= 4 is 35.1 Å². The number of nitrogens with one attached hydrogen (secondary N) is 1. The first kappa shape index (κ1) is 23.3. The van der Waals surface area contributed by atoms with Gasteiger partial charge >= 0.3 is 12.0 Å². The molecule has 180 valence electrons. The zero-order chi connectivity index (χ0) is 24.2. The maximum atomic E-state index is 13.2.